The third kappa shape index (κ3) is 2.18. The minimum absolute atomic E-state index is 0.177. The van der Waals surface area contributed by atoms with Crippen LogP contribution in [0.5, 0.6) is 0 Å². The summed E-state index contributed by atoms with van der Waals surface area (Å²) in [5, 5.41) is 10.2. The third-order valence-electron chi connectivity index (χ3n) is 3.32. The van der Waals surface area contributed by atoms with Crippen LogP contribution < -0.4 is 0 Å². The van der Waals surface area contributed by atoms with Gasteiger partial charge in [-0.15, -0.1) is 0 Å². The van der Waals surface area contributed by atoms with E-state index in [1.807, 2.05) is 34.7 Å². The summed E-state index contributed by atoms with van der Waals surface area (Å²) in [6, 6.07) is 0. The number of aliphatic hydroxyl groups is 1. The van der Waals surface area contributed by atoms with Crippen molar-refractivity contribution in [1.82, 2.24) is 4.90 Å². The Morgan fingerprint density at radius 3 is 2.47 bits per heavy atom. The van der Waals surface area contributed by atoms with Crippen molar-refractivity contribution in [2.24, 2.45) is 11.3 Å². The monoisotopic (exact) mass is 241 g/mol. The molecule has 1 atom stereocenters. The molecular formula is C13H23NO3. The summed E-state index contributed by atoms with van der Waals surface area (Å²) in [7, 11) is 1.81. The van der Waals surface area contributed by atoms with Crippen molar-refractivity contribution in [1.29, 1.82) is 0 Å². The molecule has 1 aliphatic heterocycles. The smallest absolute Gasteiger partial charge is 0.336 e. The second kappa shape index (κ2) is 4.69. The highest BCUT2D eigenvalue weighted by atomic mass is 16.5. The van der Waals surface area contributed by atoms with Gasteiger partial charge in [0.25, 0.3) is 0 Å². The lowest BCUT2D eigenvalue weighted by Crippen LogP contribution is -2.37. The van der Waals surface area contributed by atoms with E-state index in [0.29, 0.717) is 12.2 Å². The highest BCUT2D eigenvalue weighted by molar-refractivity contribution is 5.91. The number of hydrogen-bond acceptors (Lipinski definition) is 4. The molecule has 0 amide bonds. The van der Waals surface area contributed by atoms with Gasteiger partial charge in [0, 0.05) is 18.2 Å². The van der Waals surface area contributed by atoms with E-state index in [4.69, 9.17) is 4.74 Å². The minimum Gasteiger partial charge on any atom is -0.463 e. The van der Waals surface area contributed by atoms with E-state index in [9.17, 15) is 9.90 Å². The number of rotatable bonds is 3. The fourth-order valence-corrected chi connectivity index (χ4v) is 2.52. The molecule has 1 rings (SSSR count). The van der Waals surface area contributed by atoms with E-state index in [1.165, 1.54) is 0 Å². The van der Waals surface area contributed by atoms with E-state index in [1.54, 1.807) is 11.8 Å². The molecule has 98 valence electrons. The Morgan fingerprint density at radius 2 is 2.06 bits per heavy atom. The second-order valence-electron chi connectivity index (χ2n) is 5.34. The Balaban J connectivity index is 3.27. The van der Waals surface area contributed by atoms with Crippen molar-refractivity contribution < 1.29 is 14.6 Å². The first-order chi connectivity index (χ1) is 7.75. The van der Waals surface area contributed by atoms with Gasteiger partial charge in [-0.25, -0.2) is 4.79 Å². The number of esters is 1. The van der Waals surface area contributed by atoms with Crippen LogP contribution in [0.4, 0.5) is 0 Å². The molecule has 0 aliphatic carbocycles. The van der Waals surface area contributed by atoms with Gasteiger partial charge in [-0.2, -0.15) is 0 Å². The molecule has 0 aromatic rings. The van der Waals surface area contributed by atoms with Gasteiger partial charge in [-0.1, -0.05) is 27.7 Å². The SMILES string of the molecule is CCOC(=O)C1=C(C(C)C)N(C)C(O)C1(C)C. The minimum atomic E-state index is -0.681. The molecule has 1 N–H and O–H groups in total. The molecule has 1 aliphatic rings. The molecule has 0 saturated heterocycles. The van der Waals surface area contributed by atoms with Crippen molar-refractivity contribution in [2.45, 2.75) is 40.8 Å². The third-order valence-corrected chi connectivity index (χ3v) is 3.32. The zero-order valence-electron chi connectivity index (χ0n) is 11.6. The highest BCUT2D eigenvalue weighted by Gasteiger charge is 2.48. The lowest BCUT2D eigenvalue weighted by molar-refractivity contribution is -0.140. The largest absolute Gasteiger partial charge is 0.463 e. The molecule has 0 saturated carbocycles. The number of carbonyl (C=O) groups excluding carboxylic acids is 1. The standard InChI is InChI=1S/C13H23NO3/c1-7-17-11(15)9-10(8(2)3)14(6)12(16)13(9,4)5/h8,12,16H,7H2,1-6H3. The Labute approximate surface area is 103 Å². The zero-order chi connectivity index (χ0) is 13.4. The van der Waals surface area contributed by atoms with Crippen molar-refractivity contribution in [3.63, 3.8) is 0 Å². The van der Waals surface area contributed by atoms with Crippen molar-refractivity contribution in [3.8, 4) is 0 Å². The summed E-state index contributed by atoms with van der Waals surface area (Å²) in [6.07, 6.45) is -0.681. The molecule has 17 heavy (non-hydrogen) atoms. The van der Waals surface area contributed by atoms with Gasteiger partial charge < -0.3 is 14.7 Å². The highest BCUT2D eigenvalue weighted by Crippen LogP contribution is 2.44. The van der Waals surface area contributed by atoms with Crippen LogP contribution in [0.25, 0.3) is 0 Å². The molecule has 0 bridgehead atoms. The fourth-order valence-electron chi connectivity index (χ4n) is 2.52. The van der Waals surface area contributed by atoms with Crippen molar-refractivity contribution in [2.75, 3.05) is 13.7 Å². The molecule has 0 radical (unpaired) electrons. The lowest BCUT2D eigenvalue weighted by atomic mass is 9.83. The van der Waals surface area contributed by atoms with Gasteiger partial charge >= 0.3 is 5.97 Å². The van der Waals surface area contributed by atoms with Gasteiger partial charge in [0.05, 0.1) is 12.2 Å². The number of carbonyl (C=O) groups is 1. The van der Waals surface area contributed by atoms with Crippen LogP contribution >= 0.6 is 0 Å². The van der Waals surface area contributed by atoms with Crippen LogP contribution in [0.3, 0.4) is 0 Å². The van der Waals surface area contributed by atoms with E-state index in [-0.39, 0.29) is 11.9 Å². The van der Waals surface area contributed by atoms with Crippen molar-refractivity contribution in [3.05, 3.63) is 11.3 Å². The first kappa shape index (κ1) is 14.0. The number of ether oxygens (including phenoxy) is 1. The lowest BCUT2D eigenvalue weighted by Gasteiger charge is -2.29. The number of hydrogen-bond donors (Lipinski definition) is 1. The van der Waals surface area contributed by atoms with E-state index in [0.717, 1.165) is 5.70 Å². The maximum absolute atomic E-state index is 12.0. The average Bonchev–Trinajstić information content (AvgIpc) is 2.39. The van der Waals surface area contributed by atoms with Gasteiger partial charge in [-0.05, 0) is 12.8 Å². The van der Waals surface area contributed by atoms with Crippen LogP contribution in [0.1, 0.15) is 34.6 Å². The summed E-state index contributed by atoms with van der Waals surface area (Å²) >= 11 is 0. The molecule has 0 spiro atoms. The second-order valence-corrected chi connectivity index (χ2v) is 5.34. The predicted octanol–water partition coefficient (Wildman–Crippen LogP) is 1.75. The Morgan fingerprint density at radius 1 is 1.53 bits per heavy atom. The maximum Gasteiger partial charge on any atom is 0.336 e. The molecule has 4 heteroatoms. The van der Waals surface area contributed by atoms with Gasteiger partial charge in [0.1, 0.15) is 6.23 Å². The Bertz CT molecular complexity index is 345. The van der Waals surface area contributed by atoms with Crippen LogP contribution in [0.2, 0.25) is 0 Å². The molecule has 1 heterocycles. The topological polar surface area (TPSA) is 49.8 Å². The first-order valence-electron chi connectivity index (χ1n) is 6.07. The van der Waals surface area contributed by atoms with Crippen LogP contribution in [0, 0.1) is 11.3 Å². The summed E-state index contributed by atoms with van der Waals surface area (Å²) in [5.41, 5.74) is 0.881. The predicted molar refractivity (Wildman–Crippen MR) is 66.0 cm³/mol. The molecule has 0 fully saturated rings. The number of aliphatic hydroxyl groups excluding tert-OH is 1. The van der Waals surface area contributed by atoms with Gasteiger partial charge in [-0.3, -0.25) is 0 Å². The molecule has 0 aromatic heterocycles. The average molecular weight is 241 g/mol. The molecule has 4 nitrogen and oxygen atoms in total. The van der Waals surface area contributed by atoms with Crippen LogP contribution in [-0.4, -0.2) is 35.9 Å². The summed E-state index contributed by atoms with van der Waals surface area (Å²) < 4.78 is 5.10. The van der Waals surface area contributed by atoms with Gasteiger partial charge in [0.15, 0.2) is 0 Å². The van der Waals surface area contributed by atoms with E-state index >= 15 is 0 Å². The zero-order valence-corrected chi connectivity index (χ0v) is 11.6. The van der Waals surface area contributed by atoms with Gasteiger partial charge in [0.2, 0.25) is 0 Å². The number of allylic oxidation sites excluding steroid dienone is 1. The Kier molecular flexibility index (Phi) is 3.87. The Hall–Kier alpha value is -1.03. The number of nitrogens with zero attached hydrogens (tertiary/aromatic N) is 1. The first-order valence-corrected chi connectivity index (χ1v) is 6.07. The van der Waals surface area contributed by atoms with Crippen LogP contribution in [0.15, 0.2) is 11.3 Å². The normalized spacial score (nSPS) is 23.5. The van der Waals surface area contributed by atoms with E-state index < -0.39 is 11.6 Å². The fraction of sp³-hybridized carbons (Fsp3) is 0.769. The van der Waals surface area contributed by atoms with E-state index in [2.05, 4.69) is 0 Å². The summed E-state index contributed by atoms with van der Waals surface area (Å²) in [4.78, 5) is 13.8. The summed E-state index contributed by atoms with van der Waals surface area (Å²) in [5.74, 6) is -0.138. The maximum atomic E-state index is 12.0. The molecular weight excluding hydrogens is 218 g/mol. The molecule has 0 aromatic carbocycles. The quantitative estimate of drug-likeness (QED) is 0.765. The molecule has 1 unspecified atom stereocenters. The van der Waals surface area contributed by atoms with Crippen molar-refractivity contribution >= 4 is 5.97 Å². The van der Waals surface area contributed by atoms with Crippen LogP contribution in [-0.2, 0) is 9.53 Å². The summed E-state index contributed by atoms with van der Waals surface area (Å²) in [6.45, 7) is 9.91.